The van der Waals surface area contributed by atoms with E-state index in [9.17, 15) is 4.39 Å². The Morgan fingerprint density at radius 2 is 1.74 bits per heavy atom. The second kappa shape index (κ2) is 7.70. The third-order valence-corrected chi connectivity index (χ3v) is 5.53. The van der Waals surface area contributed by atoms with Crippen LogP contribution in [0.4, 0.5) is 4.39 Å². The predicted octanol–water partition coefficient (Wildman–Crippen LogP) is 3.54. The molecule has 0 aliphatic carbocycles. The molecule has 27 heavy (non-hydrogen) atoms. The summed E-state index contributed by atoms with van der Waals surface area (Å²) in [4.78, 5) is 6.66. The van der Waals surface area contributed by atoms with Crippen LogP contribution in [0, 0.1) is 5.82 Å². The highest BCUT2D eigenvalue weighted by atomic mass is 19.1. The van der Waals surface area contributed by atoms with Crippen LogP contribution in [0.1, 0.15) is 45.9 Å². The van der Waals surface area contributed by atoms with Gasteiger partial charge in [0.25, 0.3) is 0 Å². The molecule has 0 spiro atoms. The van der Waals surface area contributed by atoms with E-state index in [2.05, 4.69) is 16.8 Å². The SMILES string of the molecule is CCN(Cc1ccc(F)c(B2OC(C)(C)C(C)(C)O2)c1)Cc1ccccn1. The van der Waals surface area contributed by atoms with Crippen molar-refractivity contribution in [2.24, 2.45) is 0 Å². The van der Waals surface area contributed by atoms with Gasteiger partial charge >= 0.3 is 7.12 Å². The van der Waals surface area contributed by atoms with Crippen LogP contribution in [-0.4, -0.2) is 34.7 Å². The number of benzene rings is 1. The fourth-order valence-electron chi connectivity index (χ4n) is 3.10. The molecule has 2 aromatic rings. The summed E-state index contributed by atoms with van der Waals surface area (Å²) in [5.74, 6) is -0.301. The van der Waals surface area contributed by atoms with Gasteiger partial charge in [-0.1, -0.05) is 25.1 Å². The maximum absolute atomic E-state index is 14.5. The maximum Gasteiger partial charge on any atom is 0.497 e. The maximum atomic E-state index is 14.5. The molecule has 0 saturated carbocycles. The first-order chi connectivity index (χ1) is 12.7. The number of hydrogen-bond donors (Lipinski definition) is 0. The van der Waals surface area contributed by atoms with E-state index >= 15 is 0 Å². The van der Waals surface area contributed by atoms with Crippen molar-refractivity contribution < 1.29 is 13.7 Å². The van der Waals surface area contributed by atoms with Gasteiger partial charge in [-0.05, 0) is 58.0 Å². The molecule has 2 heterocycles. The Hall–Kier alpha value is -1.76. The van der Waals surface area contributed by atoms with Crippen molar-refractivity contribution >= 4 is 12.6 Å². The molecule has 1 aliphatic rings. The first-order valence-corrected chi connectivity index (χ1v) is 9.48. The Labute approximate surface area is 161 Å². The molecule has 1 aromatic heterocycles. The van der Waals surface area contributed by atoms with Gasteiger partial charge in [-0.25, -0.2) is 4.39 Å². The van der Waals surface area contributed by atoms with Gasteiger partial charge in [0, 0.05) is 24.7 Å². The van der Waals surface area contributed by atoms with Crippen LogP contribution in [0.3, 0.4) is 0 Å². The van der Waals surface area contributed by atoms with E-state index in [4.69, 9.17) is 9.31 Å². The molecule has 0 N–H and O–H groups in total. The zero-order valence-electron chi connectivity index (χ0n) is 16.8. The number of aromatic nitrogens is 1. The minimum absolute atomic E-state index is 0.301. The number of pyridine rings is 1. The van der Waals surface area contributed by atoms with Crippen molar-refractivity contribution in [1.82, 2.24) is 9.88 Å². The largest absolute Gasteiger partial charge is 0.497 e. The van der Waals surface area contributed by atoms with E-state index in [0.29, 0.717) is 12.0 Å². The van der Waals surface area contributed by atoms with Crippen LogP contribution < -0.4 is 5.46 Å². The molecule has 1 aliphatic heterocycles. The molecule has 0 amide bonds. The summed E-state index contributed by atoms with van der Waals surface area (Å²) in [5, 5.41) is 0. The van der Waals surface area contributed by atoms with Crippen molar-refractivity contribution in [3.05, 3.63) is 59.7 Å². The molecule has 1 aromatic carbocycles. The van der Waals surface area contributed by atoms with Gasteiger partial charge in [-0.2, -0.15) is 0 Å². The number of hydrogen-bond acceptors (Lipinski definition) is 4. The highest BCUT2D eigenvalue weighted by molar-refractivity contribution is 6.62. The lowest BCUT2D eigenvalue weighted by atomic mass is 9.78. The van der Waals surface area contributed by atoms with Gasteiger partial charge in [-0.3, -0.25) is 9.88 Å². The van der Waals surface area contributed by atoms with Crippen LogP contribution in [0.5, 0.6) is 0 Å². The van der Waals surface area contributed by atoms with Gasteiger partial charge in [0.05, 0.1) is 16.9 Å². The smallest absolute Gasteiger partial charge is 0.399 e. The van der Waals surface area contributed by atoms with Crippen LogP contribution in [0.2, 0.25) is 0 Å². The molecular formula is C21H28BFN2O2. The minimum atomic E-state index is -0.694. The zero-order valence-corrected chi connectivity index (χ0v) is 16.8. The summed E-state index contributed by atoms with van der Waals surface area (Å²) < 4.78 is 26.6. The van der Waals surface area contributed by atoms with E-state index in [1.807, 2.05) is 58.0 Å². The average molecular weight is 370 g/mol. The lowest BCUT2D eigenvalue weighted by molar-refractivity contribution is 0.00578. The van der Waals surface area contributed by atoms with E-state index in [1.165, 1.54) is 6.07 Å². The van der Waals surface area contributed by atoms with Crippen LogP contribution >= 0.6 is 0 Å². The topological polar surface area (TPSA) is 34.6 Å². The lowest BCUT2D eigenvalue weighted by Gasteiger charge is -2.32. The second-order valence-corrected chi connectivity index (χ2v) is 8.07. The van der Waals surface area contributed by atoms with E-state index < -0.39 is 18.3 Å². The molecule has 1 fully saturated rings. The summed E-state index contributed by atoms with van der Waals surface area (Å²) >= 11 is 0. The Bertz CT molecular complexity index is 767. The zero-order chi connectivity index (χ0) is 19.7. The summed E-state index contributed by atoms with van der Waals surface area (Å²) in [7, 11) is -0.694. The van der Waals surface area contributed by atoms with Gasteiger partial charge in [0.15, 0.2) is 0 Å². The van der Waals surface area contributed by atoms with Crippen LogP contribution in [-0.2, 0) is 22.4 Å². The molecule has 6 heteroatoms. The Morgan fingerprint density at radius 3 is 2.33 bits per heavy atom. The van der Waals surface area contributed by atoms with Crippen molar-refractivity contribution in [1.29, 1.82) is 0 Å². The molecule has 0 atom stereocenters. The van der Waals surface area contributed by atoms with Crippen molar-refractivity contribution in [3.8, 4) is 0 Å². The molecule has 3 rings (SSSR count). The van der Waals surface area contributed by atoms with E-state index in [0.717, 1.165) is 24.3 Å². The molecule has 0 bridgehead atoms. The summed E-state index contributed by atoms with van der Waals surface area (Å²) in [6.45, 7) is 12.3. The quantitative estimate of drug-likeness (QED) is 0.729. The van der Waals surface area contributed by atoms with E-state index in [-0.39, 0.29) is 5.82 Å². The molecule has 4 nitrogen and oxygen atoms in total. The molecular weight excluding hydrogens is 342 g/mol. The Balaban J connectivity index is 1.77. The van der Waals surface area contributed by atoms with Crippen LogP contribution in [0.25, 0.3) is 0 Å². The van der Waals surface area contributed by atoms with Gasteiger partial charge in [0.1, 0.15) is 5.82 Å². The van der Waals surface area contributed by atoms with Gasteiger partial charge in [-0.15, -0.1) is 0 Å². The Kier molecular flexibility index (Phi) is 5.70. The first kappa shape index (κ1) is 20.0. The van der Waals surface area contributed by atoms with E-state index in [1.54, 1.807) is 6.20 Å². The normalized spacial score (nSPS) is 18.3. The average Bonchev–Trinajstić information content (AvgIpc) is 2.84. The van der Waals surface area contributed by atoms with Crippen LogP contribution in [0.15, 0.2) is 42.6 Å². The monoisotopic (exact) mass is 370 g/mol. The van der Waals surface area contributed by atoms with Crippen molar-refractivity contribution in [3.63, 3.8) is 0 Å². The van der Waals surface area contributed by atoms with Crippen molar-refractivity contribution in [2.75, 3.05) is 6.54 Å². The first-order valence-electron chi connectivity index (χ1n) is 9.48. The molecule has 0 radical (unpaired) electrons. The second-order valence-electron chi connectivity index (χ2n) is 8.07. The van der Waals surface area contributed by atoms with Crippen molar-refractivity contribution in [2.45, 2.75) is 58.9 Å². The molecule has 144 valence electrons. The summed E-state index contributed by atoms with van der Waals surface area (Å²) in [6.07, 6.45) is 1.80. The highest BCUT2D eigenvalue weighted by Crippen LogP contribution is 2.36. The highest BCUT2D eigenvalue weighted by Gasteiger charge is 2.52. The molecule has 0 unspecified atom stereocenters. The number of halogens is 1. The minimum Gasteiger partial charge on any atom is -0.399 e. The summed E-state index contributed by atoms with van der Waals surface area (Å²) in [6, 6.07) is 11.1. The lowest BCUT2D eigenvalue weighted by Crippen LogP contribution is -2.41. The Morgan fingerprint density at radius 1 is 1.04 bits per heavy atom. The number of nitrogens with zero attached hydrogens (tertiary/aromatic N) is 2. The predicted molar refractivity (Wildman–Crippen MR) is 106 cm³/mol. The van der Waals surface area contributed by atoms with Gasteiger partial charge in [0.2, 0.25) is 0 Å². The molecule has 1 saturated heterocycles. The fourth-order valence-corrected chi connectivity index (χ4v) is 3.10. The van der Waals surface area contributed by atoms with Gasteiger partial charge < -0.3 is 9.31 Å². The fraction of sp³-hybridized carbons (Fsp3) is 0.476. The third kappa shape index (κ3) is 4.40. The number of rotatable bonds is 6. The third-order valence-electron chi connectivity index (χ3n) is 5.53. The standard InChI is InChI=1S/C21H28BFN2O2/c1-6-25(15-17-9-7-8-12-24-17)14-16-10-11-19(23)18(13-16)22-26-20(2,3)21(4,5)27-22/h7-13H,6,14-15H2,1-5H3. The summed E-state index contributed by atoms with van der Waals surface area (Å²) in [5.41, 5.74) is 1.52.